The quantitative estimate of drug-likeness (QED) is 0.267. The lowest BCUT2D eigenvalue weighted by Crippen LogP contribution is -2.33. The maximum absolute atomic E-state index is 14.0. The van der Waals surface area contributed by atoms with Gasteiger partial charge in [-0.25, -0.2) is 9.07 Å². The number of carbonyl (C=O) groups is 1. The van der Waals surface area contributed by atoms with Crippen molar-refractivity contribution in [3.05, 3.63) is 108 Å². The normalized spacial score (nSPS) is 11.0. The molecule has 1 aromatic heterocycles. The molecule has 36 heavy (non-hydrogen) atoms. The van der Waals surface area contributed by atoms with E-state index in [0.717, 1.165) is 16.9 Å². The Morgan fingerprint density at radius 3 is 2.33 bits per heavy atom. The summed E-state index contributed by atoms with van der Waals surface area (Å²) in [6, 6.07) is 24.8. The molecule has 0 saturated carbocycles. The molecular formula is C29H30FN3O3. The number of halogens is 1. The summed E-state index contributed by atoms with van der Waals surface area (Å²) in [6.07, 6.45) is 0. The fourth-order valence-electron chi connectivity index (χ4n) is 3.96. The van der Waals surface area contributed by atoms with Crippen LogP contribution in [0.15, 0.2) is 84.9 Å². The van der Waals surface area contributed by atoms with Crippen LogP contribution in [0.5, 0.6) is 11.6 Å². The highest BCUT2D eigenvalue weighted by Gasteiger charge is 2.27. The third kappa shape index (κ3) is 5.80. The van der Waals surface area contributed by atoms with Gasteiger partial charge in [-0.2, -0.15) is 5.10 Å². The van der Waals surface area contributed by atoms with E-state index in [1.165, 1.54) is 12.1 Å². The van der Waals surface area contributed by atoms with Crippen LogP contribution in [0.25, 0.3) is 5.69 Å². The zero-order valence-corrected chi connectivity index (χ0v) is 20.7. The van der Waals surface area contributed by atoms with Crippen LogP contribution in [0.4, 0.5) is 4.39 Å². The Labute approximate surface area is 210 Å². The second-order valence-electron chi connectivity index (χ2n) is 8.72. The number of amides is 1. The predicted molar refractivity (Wildman–Crippen MR) is 137 cm³/mol. The summed E-state index contributed by atoms with van der Waals surface area (Å²) in [7, 11) is 1.61. The van der Waals surface area contributed by atoms with Crippen LogP contribution < -0.4 is 4.74 Å². The first-order valence-corrected chi connectivity index (χ1v) is 11.9. The van der Waals surface area contributed by atoms with Crippen molar-refractivity contribution in [1.82, 2.24) is 14.7 Å². The molecule has 0 aliphatic heterocycles. The first-order valence-electron chi connectivity index (χ1n) is 11.9. The van der Waals surface area contributed by atoms with Crippen LogP contribution in [0, 0.1) is 5.82 Å². The number of nitrogens with zero attached hydrogens (tertiary/aromatic N) is 3. The maximum Gasteiger partial charge on any atom is 0.254 e. The van der Waals surface area contributed by atoms with Gasteiger partial charge >= 0.3 is 0 Å². The Morgan fingerprint density at radius 1 is 1.00 bits per heavy atom. The molecular weight excluding hydrogens is 457 g/mol. The van der Waals surface area contributed by atoms with Gasteiger partial charge in [0.1, 0.15) is 11.6 Å². The molecule has 0 spiro atoms. The van der Waals surface area contributed by atoms with Crippen molar-refractivity contribution in [3.8, 4) is 17.3 Å². The molecule has 0 fully saturated rings. The lowest BCUT2D eigenvalue weighted by Gasteiger charge is -2.24. The third-order valence-electron chi connectivity index (χ3n) is 5.75. The number of hydrogen-bond donors (Lipinski definition) is 0. The van der Waals surface area contributed by atoms with Crippen LogP contribution in [-0.2, 0) is 11.3 Å². The van der Waals surface area contributed by atoms with E-state index >= 15 is 0 Å². The van der Waals surface area contributed by atoms with E-state index in [1.54, 1.807) is 41.0 Å². The predicted octanol–water partition coefficient (Wildman–Crippen LogP) is 6.22. The highest BCUT2D eigenvalue weighted by molar-refractivity contribution is 5.94. The minimum Gasteiger partial charge on any atom is -0.438 e. The summed E-state index contributed by atoms with van der Waals surface area (Å²) >= 11 is 0. The molecule has 0 N–H and O–H groups in total. The average Bonchev–Trinajstić information content (AvgIpc) is 3.25. The lowest BCUT2D eigenvalue weighted by molar-refractivity contribution is 0.0678. The summed E-state index contributed by atoms with van der Waals surface area (Å²) < 4.78 is 27.3. The number of aromatic nitrogens is 2. The van der Waals surface area contributed by atoms with Gasteiger partial charge in [0.2, 0.25) is 5.88 Å². The average molecular weight is 488 g/mol. The van der Waals surface area contributed by atoms with E-state index in [2.05, 4.69) is 0 Å². The Balaban J connectivity index is 1.83. The highest BCUT2D eigenvalue weighted by Crippen LogP contribution is 2.35. The Hall–Kier alpha value is -3.97. The maximum atomic E-state index is 14.0. The summed E-state index contributed by atoms with van der Waals surface area (Å²) in [5.74, 6) is 0.326. The largest absolute Gasteiger partial charge is 0.438 e. The molecule has 1 heterocycles. The van der Waals surface area contributed by atoms with Crippen molar-refractivity contribution in [1.29, 1.82) is 0 Å². The topological polar surface area (TPSA) is 56.6 Å². The molecule has 0 atom stereocenters. The van der Waals surface area contributed by atoms with Crippen molar-refractivity contribution in [2.45, 2.75) is 26.3 Å². The molecule has 3 aromatic carbocycles. The molecule has 1 amide bonds. The summed E-state index contributed by atoms with van der Waals surface area (Å²) in [6.45, 7) is 5.11. The summed E-state index contributed by atoms with van der Waals surface area (Å²) in [5.41, 5.74) is 2.95. The molecule has 6 nitrogen and oxygen atoms in total. The van der Waals surface area contributed by atoms with Crippen molar-refractivity contribution in [2.75, 3.05) is 20.3 Å². The van der Waals surface area contributed by atoms with Crippen molar-refractivity contribution < 1.29 is 18.7 Å². The van der Waals surface area contributed by atoms with Gasteiger partial charge in [0.05, 0.1) is 30.1 Å². The lowest BCUT2D eigenvalue weighted by atomic mass is 10.0. The van der Waals surface area contributed by atoms with Crippen molar-refractivity contribution >= 4 is 5.91 Å². The number of rotatable bonds is 10. The molecule has 0 saturated heterocycles. The molecule has 0 bridgehead atoms. The van der Waals surface area contributed by atoms with Crippen molar-refractivity contribution in [2.24, 2.45) is 0 Å². The monoisotopic (exact) mass is 487 g/mol. The second-order valence-corrected chi connectivity index (χ2v) is 8.72. The van der Waals surface area contributed by atoms with Crippen LogP contribution in [0.1, 0.15) is 41.4 Å². The smallest absolute Gasteiger partial charge is 0.254 e. The standard InChI is InChI=1S/C29H30FN3O3/c1-21(2)27-26(20-32(17-18-35-3)28(34)22-11-6-4-7-12-22)29(36-25-16-10-13-23(30)19-25)33(31-27)24-14-8-5-9-15-24/h4-16,19,21H,17-18,20H2,1-3H3. The van der Waals surface area contributed by atoms with Gasteiger partial charge in [0, 0.05) is 25.3 Å². The van der Waals surface area contributed by atoms with Gasteiger partial charge < -0.3 is 14.4 Å². The Bertz CT molecular complexity index is 1290. The number of carbonyl (C=O) groups excluding carboxylic acids is 1. The fourth-order valence-corrected chi connectivity index (χ4v) is 3.96. The number of benzene rings is 3. The van der Waals surface area contributed by atoms with Gasteiger partial charge in [-0.15, -0.1) is 0 Å². The van der Waals surface area contributed by atoms with E-state index in [-0.39, 0.29) is 18.4 Å². The fraction of sp³-hybridized carbons (Fsp3) is 0.241. The Kier molecular flexibility index (Phi) is 8.13. The minimum absolute atomic E-state index is 0.0518. The van der Waals surface area contributed by atoms with Gasteiger partial charge in [-0.3, -0.25) is 4.79 Å². The molecule has 186 valence electrons. The molecule has 0 aliphatic carbocycles. The van der Waals surface area contributed by atoms with Crippen LogP contribution in [-0.4, -0.2) is 40.8 Å². The highest BCUT2D eigenvalue weighted by atomic mass is 19.1. The molecule has 4 aromatic rings. The zero-order chi connectivity index (χ0) is 25.5. The summed E-state index contributed by atoms with van der Waals surface area (Å²) in [5, 5.41) is 4.89. The van der Waals surface area contributed by atoms with Gasteiger partial charge in [-0.1, -0.05) is 56.3 Å². The van der Waals surface area contributed by atoms with E-state index in [0.29, 0.717) is 30.3 Å². The first kappa shape index (κ1) is 25.1. The first-order chi connectivity index (χ1) is 17.5. The van der Waals surface area contributed by atoms with Crippen LogP contribution in [0.3, 0.4) is 0 Å². The van der Waals surface area contributed by atoms with E-state index in [1.807, 2.05) is 62.4 Å². The number of hydrogen-bond acceptors (Lipinski definition) is 4. The second kappa shape index (κ2) is 11.6. The summed E-state index contributed by atoms with van der Waals surface area (Å²) in [4.78, 5) is 15.2. The van der Waals surface area contributed by atoms with E-state index < -0.39 is 5.82 Å². The number of para-hydroxylation sites is 1. The molecule has 7 heteroatoms. The SMILES string of the molecule is COCCN(Cc1c(C(C)C)nn(-c2ccccc2)c1Oc1cccc(F)c1)C(=O)c1ccccc1. The number of methoxy groups -OCH3 is 1. The van der Waals surface area contributed by atoms with Gasteiger partial charge in [-0.05, 0) is 42.3 Å². The minimum atomic E-state index is -0.398. The van der Waals surface area contributed by atoms with Gasteiger partial charge in [0.15, 0.2) is 0 Å². The third-order valence-corrected chi connectivity index (χ3v) is 5.75. The van der Waals surface area contributed by atoms with Crippen LogP contribution >= 0.6 is 0 Å². The van der Waals surface area contributed by atoms with Gasteiger partial charge in [0.25, 0.3) is 5.91 Å². The zero-order valence-electron chi connectivity index (χ0n) is 20.7. The van der Waals surface area contributed by atoms with E-state index in [9.17, 15) is 9.18 Å². The van der Waals surface area contributed by atoms with Crippen molar-refractivity contribution in [3.63, 3.8) is 0 Å². The van der Waals surface area contributed by atoms with E-state index in [4.69, 9.17) is 14.6 Å². The number of ether oxygens (including phenoxy) is 2. The Morgan fingerprint density at radius 2 is 1.69 bits per heavy atom. The van der Waals surface area contributed by atoms with Crippen LogP contribution in [0.2, 0.25) is 0 Å². The molecule has 0 radical (unpaired) electrons. The molecule has 0 unspecified atom stereocenters. The molecule has 4 rings (SSSR count). The molecule has 0 aliphatic rings.